The van der Waals surface area contributed by atoms with Gasteiger partial charge in [0, 0.05) is 35.6 Å². The van der Waals surface area contributed by atoms with Crippen LogP contribution in [0.1, 0.15) is 35.0 Å². The van der Waals surface area contributed by atoms with Crippen LogP contribution < -0.4 is 16.0 Å². The molecule has 0 radical (unpaired) electrons. The van der Waals surface area contributed by atoms with Crippen LogP contribution >= 0.6 is 11.8 Å². The summed E-state index contributed by atoms with van der Waals surface area (Å²) < 4.78 is 0. The molecule has 9 nitrogen and oxygen atoms in total. The van der Waals surface area contributed by atoms with Gasteiger partial charge in [-0.25, -0.2) is 0 Å². The van der Waals surface area contributed by atoms with Gasteiger partial charge in [-0.05, 0) is 12.5 Å². The number of rotatable bonds is 4. The van der Waals surface area contributed by atoms with E-state index < -0.39 is 5.91 Å². The molecule has 142 valence electrons. The standard InChI is InChI=1S/C18H17N7O2S/c1-2-3-20-16(26)9-4-11-15(21-5-9)14(19)13(17(27)25-11)18-22-8-12(28-18)10-6-23-24-7-10/h4-8,19,22H,2-3H2,1H3,(H,20,26)(H,23,24)(H,25,27)/b18-13-,19-14?. The van der Waals surface area contributed by atoms with E-state index in [2.05, 4.69) is 31.1 Å². The van der Waals surface area contributed by atoms with E-state index in [0.29, 0.717) is 28.5 Å². The Morgan fingerprint density at radius 2 is 2.21 bits per heavy atom. The highest BCUT2D eigenvalue weighted by Crippen LogP contribution is 2.39. The van der Waals surface area contributed by atoms with Crippen molar-refractivity contribution in [2.45, 2.75) is 13.3 Å². The number of anilines is 1. The summed E-state index contributed by atoms with van der Waals surface area (Å²) in [5.41, 5.74) is 2.13. The van der Waals surface area contributed by atoms with Crippen molar-refractivity contribution in [2.75, 3.05) is 11.9 Å². The van der Waals surface area contributed by atoms with E-state index in [1.165, 1.54) is 18.0 Å². The van der Waals surface area contributed by atoms with Gasteiger partial charge in [0.15, 0.2) is 0 Å². The smallest absolute Gasteiger partial charge is 0.260 e. The summed E-state index contributed by atoms with van der Waals surface area (Å²) in [6.07, 6.45) is 7.44. The summed E-state index contributed by atoms with van der Waals surface area (Å²) in [6, 6.07) is 1.55. The van der Waals surface area contributed by atoms with Crippen molar-refractivity contribution in [3.8, 4) is 0 Å². The summed E-state index contributed by atoms with van der Waals surface area (Å²) in [7, 11) is 0. The van der Waals surface area contributed by atoms with Crippen LogP contribution in [-0.4, -0.2) is 39.3 Å². The van der Waals surface area contributed by atoms with E-state index >= 15 is 0 Å². The minimum Gasteiger partial charge on any atom is -0.354 e. The van der Waals surface area contributed by atoms with E-state index in [1.54, 1.807) is 24.7 Å². The summed E-state index contributed by atoms with van der Waals surface area (Å²) in [4.78, 5) is 29.9. The van der Waals surface area contributed by atoms with E-state index in [9.17, 15) is 9.59 Å². The average molecular weight is 395 g/mol. The Labute approximate surface area is 164 Å². The van der Waals surface area contributed by atoms with Gasteiger partial charge in [-0.3, -0.25) is 25.1 Å². The Kier molecular flexibility index (Phi) is 4.70. The Bertz CT molecular complexity index is 1040. The largest absolute Gasteiger partial charge is 0.354 e. The molecule has 0 saturated carbocycles. The predicted octanol–water partition coefficient (Wildman–Crippen LogP) is 1.81. The lowest BCUT2D eigenvalue weighted by Crippen LogP contribution is -2.31. The molecule has 28 heavy (non-hydrogen) atoms. The molecule has 0 aromatic carbocycles. The first-order chi connectivity index (χ1) is 13.6. The maximum atomic E-state index is 12.7. The molecule has 2 aromatic rings. The molecule has 10 heteroatoms. The molecular formula is C18H17N7O2S. The fraction of sp³-hybridized carbons (Fsp3) is 0.167. The Hall–Kier alpha value is -3.40. The van der Waals surface area contributed by atoms with Crippen molar-refractivity contribution in [1.29, 1.82) is 5.41 Å². The summed E-state index contributed by atoms with van der Waals surface area (Å²) in [5, 5.41) is 24.3. The zero-order valence-corrected chi connectivity index (χ0v) is 15.7. The quantitative estimate of drug-likeness (QED) is 0.501. The van der Waals surface area contributed by atoms with Crippen molar-refractivity contribution in [3.63, 3.8) is 0 Å². The minimum absolute atomic E-state index is 0.0103. The molecule has 0 fully saturated rings. The second kappa shape index (κ2) is 7.31. The highest BCUT2D eigenvalue weighted by atomic mass is 32.2. The number of hydrogen-bond donors (Lipinski definition) is 5. The van der Waals surface area contributed by atoms with Crippen molar-refractivity contribution in [2.24, 2.45) is 0 Å². The number of aromatic amines is 1. The number of fused-ring (bicyclic) bond motifs is 1. The number of hydrogen-bond acceptors (Lipinski definition) is 7. The van der Waals surface area contributed by atoms with Crippen LogP contribution in [0.4, 0.5) is 5.69 Å². The molecule has 2 aliphatic heterocycles. The second-order valence-electron chi connectivity index (χ2n) is 6.15. The first-order valence-electron chi connectivity index (χ1n) is 8.65. The van der Waals surface area contributed by atoms with Crippen LogP contribution in [0.2, 0.25) is 0 Å². The molecule has 4 heterocycles. The van der Waals surface area contributed by atoms with Gasteiger partial charge in [-0.15, -0.1) is 0 Å². The van der Waals surface area contributed by atoms with Crippen molar-refractivity contribution < 1.29 is 9.59 Å². The van der Waals surface area contributed by atoms with E-state index in [-0.39, 0.29) is 17.2 Å². The summed E-state index contributed by atoms with van der Waals surface area (Å²) in [6.45, 7) is 2.52. The summed E-state index contributed by atoms with van der Waals surface area (Å²) in [5.74, 6) is -0.675. The van der Waals surface area contributed by atoms with Crippen LogP contribution in [0, 0.1) is 5.41 Å². The molecule has 0 unspecified atom stereocenters. The number of thioether (sulfide) groups is 1. The first-order valence-corrected chi connectivity index (χ1v) is 9.47. The minimum atomic E-state index is -0.415. The third kappa shape index (κ3) is 3.18. The average Bonchev–Trinajstić information content (AvgIpc) is 3.37. The number of pyridine rings is 1. The molecular weight excluding hydrogens is 378 g/mol. The number of nitrogens with one attached hydrogen (secondary N) is 5. The predicted molar refractivity (Wildman–Crippen MR) is 107 cm³/mol. The Morgan fingerprint density at radius 3 is 2.96 bits per heavy atom. The zero-order chi connectivity index (χ0) is 19.7. The van der Waals surface area contributed by atoms with Crippen LogP contribution in [0.3, 0.4) is 0 Å². The highest BCUT2D eigenvalue weighted by molar-refractivity contribution is 8.12. The van der Waals surface area contributed by atoms with Gasteiger partial charge in [0.1, 0.15) is 5.69 Å². The lowest BCUT2D eigenvalue weighted by atomic mass is 10.0. The van der Waals surface area contributed by atoms with Crippen molar-refractivity contribution in [1.82, 2.24) is 25.8 Å². The number of aromatic nitrogens is 3. The molecule has 2 aliphatic rings. The first kappa shape index (κ1) is 18.0. The maximum Gasteiger partial charge on any atom is 0.260 e. The zero-order valence-electron chi connectivity index (χ0n) is 14.9. The molecule has 0 bridgehead atoms. The number of nitrogens with zero attached hydrogens (tertiary/aromatic N) is 2. The maximum absolute atomic E-state index is 12.7. The van der Waals surface area contributed by atoms with Crippen LogP contribution in [0.5, 0.6) is 0 Å². The van der Waals surface area contributed by atoms with E-state index in [4.69, 9.17) is 5.41 Å². The van der Waals surface area contributed by atoms with Gasteiger partial charge in [-0.1, -0.05) is 18.7 Å². The molecule has 0 saturated heterocycles. The van der Waals surface area contributed by atoms with Gasteiger partial charge >= 0.3 is 0 Å². The lowest BCUT2D eigenvalue weighted by molar-refractivity contribution is -0.112. The van der Waals surface area contributed by atoms with E-state index in [1.807, 2.05) is 6.92 Å². The van der Waals surface area contributed by atoms with Crippen molar-refractivity contribution >= 4 is 39.9 Å². The lowest BCUT2D eigenvalue weighted by Gasteiger charge is -2.21. The molecule has 5 N–H and O–H groups in total. The normalized spacial score (nSPS) is 18.2. The Morgan fingerprint density at radius 1 is 1.36 bits per heavy atom. The fourth-order valence-electron chi connectivity index (χ4n) is 2.81. The van der Waals surface area contributed by atoms with E-state index in [0.717, 1.165) is 16.9 Å². The molecule has 2 amide bonds. The third-order valence-electron chi connectivity index (χ3n) is 4.20. The fourth-order valence-corrected chi connectivity index (χ4v) is 3.79. The SMILES string of the molecule is CCCNC(=O)c1cnc2c(c1)NC(=O)/C(=C1/NC=C(c3cn[nH]c3)S1)C2=N. The third-order valence-corrected chi connectivity index (χ3v) is 5.30. The van der Waals surface area contributed by atoms with Gasteiger partial charge < -0.3 is 16.0 Å². The van der Waals surface area contributed by atoms with Crippen molar-refractivity contribution in [3.05, 3.63) is 58.3 Å². The molecule has 0 spiro atoms. The number of carbonyl (C=O) groups excluding carboxylic acids is 2. The number of amides is 2. The summed E-state index contributed by atoms with van der Waals surface area (Å²) >= 11 is 1.35. The highest BCUT2D eigenvalue weighted by Gasteiger charge is 2.32. The van der Waals surface area contributed by atoms with Gasteiger partial charge in [0.2, 0.25) is 0 Å². The van der Waals surface area contributed by atoms with Gasteiger partial charge in [-0.2, -0.15) is 5.10 Å². The van der Waals surface area contributed by atoms with Gasteiger partial charge in [0.25, 0.3) is 11.8 Å². The number of H-pyrrole nitrogens is 1. The number of carbonyl (C=O) groups is 2. The topological polar surface area (TPSA) is 136 Å². The van der Waals surface area contributed by atoms with Crippen LogP contribution in [-0.2, 0) is 4.79 Å². The molecule has 2 aromatic heterocycles. The molecule has 4 rings (SSSR count). The second-order valence-corrected chi connectivity index (χ2v) is 7.20. The Balaban J connectivity index is 1.61. The van der Waals surface area contributed by atoms with Crippen LogP contribution in [0.15, 0.2) is 41.5 Å². The molecule has 0 aliphatic carbocycles. The monoisotopic (exact) mass is 395 g/mol. The van der Waals surface area contributed by atoms with Crippen LogP contribution in [0.25, 0.3) is 4.91 Å². The molecule has 0 atom stereocenters. The van der Waals surface area contributed by atoms with Gasteiger partial charge in [0.05, 0.1) is 33.8 Å².